The molecule has 0 aliphatic heterocycles. The van der Waals surface area contributed by atoms with Crippen molar-refractivity contribution in [1.29, 1.82) is 0 Å². The second-order valence-electron chi connectivity index (χ2n) is 11.2. The van der Waals surface area contributed by atoms with E-state index in [2.05, 4.69) is 5.32 Å². The number of hydrogen-bond acceptors (Lipinski definition) is 5. The summed E-state index contributed by atoms with van der Waals surface area (Å²) >= 11 is 0. The summed E-state index contributed by atoms with van der Waals surface area (Å²) in [5.74, 6) is -0.0767. The fourth-order valence-electron chi connectivity index (χ4n) is 5.60. The highest BCUT2D eigenvalue weighted by Crippen LogP contribution is 2.24. The van der Waals surface area contributed by atoms with Crippen molar-refractivity contribution in [1.82, 2.24) is 10.2 Å². The molecule has 2 amide bonds. The third-order valence-corrected chi connectivity index (χ3v) is 8.77. The molecule has 42 heavy (non-hydrogen) atoms. The van der Waals surface area contributed by atoms with Gasteiger partial charge in [-0.05, 0) is 73.2 Å². The van der Waals surface area contributed by atoms with Crippen LogP contribution in [-0.4, -0.2) is 57.1 Å². The van der Waals surface area contributed by atoms with Crippen molar-refractivity contribution in [3.05, 3.63) is 95.1 Å². The number of methoxy groups -OCH3 is 1. The molecule has 1 saturated carbocycles. The quantitative estimate of drug-likeness (QED) is 0.327. The molecule has 4 rings (SSSR count). The van der Waals surface area contributed by atoms with Crippen LogP contribution in [0.3, 0.4) is 0 Å². The van der Waals surface area contributed by atoms with Crippen LogP contribution >= 0.6 is 0 Å². The van der Waals surface area contributed by atoms with E-state index < -0.39 is 28.5 Å². The van der Waals surface area contributed by atoms with E-state index in [-0.39, 0.29) is 24.9 Å². The van der Waals surface area contributed by atoms with Crippen LogP contribution in [0.25, 0.3) is 0 Å². The molecule has 1 atom stereocenters. The number of hydrogen-bond donors (Lipinski definition) is 1. The average molecular weight is 592 g/mol. The van der Waals surface area contributed by atoms with Crippen molar-refractivity contribution in [2.75, 3.05) is 24.2 Å². The van der Waals surface area contributed by atoms with E-state index in [1.807, 2.05) is 74.5 Å². The van der Waals surface area contributed by atoms with Gasteiger partial charge in [-0.3, -0.25) is 13.9 Å². The number of benzene rings is 3. The zero-order valence-electron chi connectivity index (χ0n) is 24.9. The number of sulfonamides is 1. The van der Waals surface area contributed by atoms with Crippen LogP contribution in [0.15, 0.2) is 72.8 Å². The summed E-state index contributed by atoms with van der Waals surface area (Å²) < 4.78 is 32.6. The van der Waals surface area contributed by atoms with Crippen molar-refractivity contribution in [2.45, 2.75) is 64.6 Å². The van der Waals surface area contributed by atoms with E-state index in [0.29, 0.717) is 11.4 Å². The molecule has 0 bridgehead atoms. The lowest BCUT2D eigenvalue weighted by atomic mass is 10.0. The van der Waals surface area contributed by atoms with Gasteiger partial charge in [-0.15, -0.1) is 0 Å². The first kappa shape index (κ1) is 31.1. The maximum atomic E-state index is 14.3. The van der Waals surface area contributed by atoms with Gasteiger partial charge in [0, 0.05) is 19.0 Å². The maximum Gasteiger partial charge on any atom is 0.244 e. The normalized spacial score (nSPS) is 14.3. The SMILES string of the molecule is COc1cccc(CN(C(=O)CN(c2cc(C)cc(C)c2)S(C)(=O)=O)[C@H](Cc2ccccc2)C(=O)NC2CCCC2)c1. The van der Waals surface area contributed by atoms with Gasteiger partial charge in [-0.25, -0.2) is 8.42 Å². The molecule has 1 aliphatic rings. The minimum atomic E-state index is -3.82. The minimum Gasteiger partial charge on any atom is -0.497 e. The van der Waals surface area contributed by atoms with Crippen LogP contribution in [0.4, 0.5) is 5.69 Å². The van der Waals surface area contributed by atoms with Gasteiger partial charge in [0.1, 0.15) is 18.3 Å². The van der Waals surface area contributed by atoms with Crippen LogP contribution in [0.2, 0.25) is 0 Å². The Morgan fingerprint density at radius 2 is 1.57 bits per heavy atom. The van der Waals surface area contributed by atoms with Crippen LogP contribution in [0.1, 0.15) is 47.9 Å². The van der Waals surface area contributed by atoms with Gasteiger partial charge in [0.05, 0.1) is 19.1 Å². The summed E-state index contributed by atoms with van der Waals surface area (Å²) in [5.41, 5.74) is 3.86. The number of amides is 2. The molecule has 8 nitrogen and oxygen atoms in total. The van der Waals surface area contributed by atoms with E-state index in [9.17, 15) is 18.0 Å². The van der Waals surface area contributed by atoms with Gasteiger partial charge in [0.2, 0.25) is 21.8 Å². The highest BCUT2D eigenvalue weighted by atomic mass is 32.2. The highest BCUT2D eigenvalue weighted by Gasteiger charge is 2.34. The Bertz CT molecular complexity index is 1470. The molecule has 3 aromatic carbocycles. The molecule has 0 spiro atoms. The average Bonchev–Trinajstić information content (AvgIpc) is 3.46. The van der Waals surface area contributed by atoms with Crippen molar-refractivity contribution >= 4 is 27.5 Å². The number of anilines is 1. The summed E-state index contributed by atoms with van der Waals surface area (Å²) in [5, 5.41) is 3.18. The van der Waals surface area contributed by atoms with Crippen molar-refractivity contribution in [3.8, 4) is 5.75 Å². The fourth-order valence-corrected chi connectivity index (χ4v) is 6.43. The van der Waals surface area contributed by atoms with Gasteiger partial charge < -0.3 is 15.0 Å². The fraction of sp³-hybridized carbons (Fsp3) is 0.394. The third kappa shape index (κ3) is 8.35. The molecule has 1 fully saturated rings. The van der Waals surface area contributed by atoms with Crippen molar-refractivity contribution in [3.63, 3.8) is 0 Å². The third-order valence-electron chi connectivity index (χ3n) is 7.63. The number of ether oxygens (including phenoxy) is 1. The van der Waals surface area contributed by atoms with E-state index in [1.54, 1.807) is 19.2 Å². The predicted octanol–water partition coefficient (Wildman–Crippen LogP) is 4.78. The molecule has 0 heterocycles. The monoisotopic (exact) mass is 591 g/mol. The lowest BCUT2D eigenvalue weighted by Crippen LogP contribution is -2.54. The summed E-state index contributed by atoms with van der Waals surface area (Å²) in [6, 6.07) is 21.6. The first-order chi connectivity index (χ1) is 20.0. The summed E-state index contributed by atoms with van der Waals surface area (Å²) in [7, 11) is -2.25. The Morgan fingerprint density at radius 3 is 2.19 bits per heavy atom. The zero-order chi connectivity index (χ0) is 30.3. The first-order valence-corrected chi connectivity index (χ1v) is 16.2. The summed E-state index contributed by atoms with van der Waals surface area (Å²) in [6.07, 6.45) is 5.31. The Morgan fingerprint density at radius 1 is 0.929 bits per heavy atom. The second kappa shape index (κ2) is 13.9. The highest BCUT2D eigenvalue weighted by molar-refractivity contribution is 7.92. The van der Waals surface area contributed by atoms with E-state index >= 15 is 0 Å². The molecule has 1 N–H and O–H groups in total. The lowest BCUT2D eigenvalue weighted by Gasteiger charge is -2.34. The standard InChI is InChI=1S/C33H41N3O5S/c1-24-17-25(2)19-29(18-24)36(42(4,39)40)23-32(37)35(22-27-13-10-16-30(20-27)41-3)31(21-26-11-6-5-7-12-26)33(38)34-28-14-8-9-15-28/h5-7,10-13,16-20,28,31H,8-9,14-15,21-23H2,1-4H3,(H,34,38)/t31-/m1/s1. The summed E-state index contributed by atoms with van der Waals surface area (Å²) in [4.78, 5) is 29.7. The number of carbonyl (C=O) groups is 2. The largest absolute Gasteiger partial charge is 0.497 e. The van der Waals surface area contributed by atoms with Crippen molar-refractivity contribution < 1.29 is 22.7 Å². The van der Waals surface area contributed by atoms with Gasteiger partial charge in [-0.1, -0.05) is 61.4 Å². The Balaban J connectivity index is 1.75. The Hall–Kier alpha value is -3.85. The minimum absolute atomic E-state index is 0.0623. The van der Waals surface area contributed by atoms with Crippen LogP contribution < -0.4 is 14.4 Å². The molecule has 0 radical (unpaired) electrons. The number of rotatable bonds is 12. The number of nitrogens with zero attached hydrogens (tertiary/aromatic N) is 2. The van der Waals surface area contributed by atoms with Gasteiger partial charge in [0.15, 0.2) is 0 Å². The Kier molecular flexibility index (Phi) is 10.3. The van der Waals surface area contributed by atoms with E-state index in [1.165, 1.54) is 4.90 Å². The lowest BCUT2D eigenvalue weighted by molar-refractivity contribution is -0.140. The van der Waals surface area contributed by atoms with Gasteiger partial charge >= 0.3 is 0 Å². The van der Waals surface area contributed by atoms with E-state index in [4.69, 9.17) is 4.74 Å². The number of aryl methyl sites for hydroxylation is 2. The van der Waals surface area contributed by atoms with Gasteiger partial charge in [-0.2, -0.15) is 0 Å². The number of nitrogens with one attached hydrogen (secondary N) is 1. The predicted molar refractivity (Wildman–Crippen MR) is 166 cm³/mol. The molecular weight excluding hydrogens is 550 g/mol. The second-order valence-corrected chi connectivity index (χ2v) is 13.1. The molecule has 3 aromatic rings. The van der Waals surface area contributed by atoms with Crippen molar-refractivity contribution in [2.24, 2.45) is 0 Å². The maximum absolute atomic E-state index is 14.3. The van der Waals surface area contributed by atoms with E-state index in [0.717, 1.165) is 58.5 Å². The molecule has 0 aromatic heterocycles. The molecule has 1 aliphatic carbocycles. The number of carbonyl (C=O) groups excluding carboxylic acids is 2. The zero-order valence-corrected chi connectivity index (χ0v) is 25.7. The smallest absolute Gasteiger partial charge is 0.244 e. The van der Waals surface area contributed by atoms with Crippen LogP contribution in [0.5, 0.6) is 5.75 Å². The molecule has 224 valence electrons. The van der Waals surface area contributed by atoms with Crippen LogP contribution in [0, 0.1) is 13.8 Å². The summed E-state index contributed by atoms with van der Waals surface area (Å²) in [6.45, 7) is 3.44. The molecular formula is C33H41N3O5S. The van der Waals surface area contributed by atoms with Crippen LogP contribution in [-0.2, 0) is 32.6 Å². The Labute approximate surface area is 249 Å². The van der Waals surface area contributed by atoms with Gasteiger partial charge in [0.25, 0.3) is 0 Å². The molecule has 9 heteroatoms. The molecule has 0 unspecified atom stereocenters. The topological polar surface area (TPSA) is 96.0 Å². The first-order valence-electron chi connectivity index (χ1n) is 14.4. The molecule has 0 saturated heterocycles.